The van der Waals surface area contributed by atoms with E-state index in [-0.39, 0.29) is 34.3 Å². The van der Waals surface area contributed by atoms with E-state index in [1.807, 2.05) is 0 Å². The number of rotatable bonds is 4. The minimum atomic E-state index is -3.75. The predicted octanol–water partition coefficient (Wildman–Crippen LogP) is 1.37. The second-order valence-electron chi connectivity index (χ2n) is 5.93. The third-order valence-electron chi connectivity index (χ3n) is 3.97. The molecule has 0 aliphatic heterocycles. The van der Waals surface area contributed by atoms with E-state index in [4.69, 9.17) is 5.73 Å². The van der Waals surface area contributed by atoms with Crippen LogP contribution < -0.4 is 10.5 Å². The highest BCUT2D eigenvalue weighted by Gasteiger charge is 2.26. The fourth-order valence-corrected chi connectivity index (χ4v) is 4.92. The average molecular weight is 383 g/mol. The van der Waals surface area contributed by atoms with Gasteiger partial charge < -0.3 is 5.73 Å². The summed E-state index contributed by atoms with van der Waals surface area (Å²) in [4.78, 5) is 0.0226. The Morgan fingerprint density at radius 2 is 1.65 bits per heavy atom. The van der Waals surface area contributed by atoms with Gasteiger partial charge in [-0.05, 0) is 50.3 Å². The molecule has 0 saturated heterocycles. The van der Waals surface area contributed by atoms with Crippen LogP contribution in [0.25, 0.3) is 0 Å². The van der Waals surface area contributed by atoms with Crippen molar-refractivity contribution < 1.29 is 16.8 Å². The van der Waals surface area contributed by atoms with Gasteiger partial charge in [0.1, 0.15) is 0 Å². The van der Waals surface area contributed by atoms with Crippen LogP contribution in [0.3, 0.4) is 0 Å². The molecule has 2 rings (SSSR count). The predicted molar refractivity (Wildman–Crippen MR) is 92.1 cm³/mol. The van der Waals surface area contributed by atoms with Gasteiger partial charge >= 0.3 is 0 Å². The Labute approximate surface area is 144 Å². The van der Waals surface area contributed by atoms with E-state index in [0.29, 0.717) is 18.4 Å². The van der Waals surface area contributed by atoms with Crippen molar-refractivity contribution in [1.29, 1.82) is 0 Å². The molecule has 1 aliphatic rings. The van der Waals surface area contributed by atoms with Crippen molar-refractivity contribution >= 4 is 32.3 Å². The molecule has 0 aromatic heterocycles. The van der Waals surface area contributed by atoms with Crippen LogP contribution in [0.5, 0.6) is 0 Å². The number of nitrogens with two attached hydrogens (primary N) is 1. The van der Waals surface area contributed by atoms with Gasteiger partial charge in [-0.25, -0.2) is 21.6 Å². The molecule has 132 valence electrons. The molecule has 1 aromatic carbocycles. The van der Waals surface area contributed by atoms with Crippen molar-refractivity contribution in [2.45, 2.75) is 54.5 Å². The number of halogens is 1. The second-order valence-corrected chi connectivity index (χ2v) is 9.63. The number of nitrogens with one attached hydrogen (secondary N) is 1. The Morgan fingerprint density at radius 1 is 1.09 bits per heavy atom. The monoisotopic (exact) mass is 382 g/mol. The molecule has 3 N–H and O–H groups in total. The molecule has 0 heterocycles. The van der Waals surface area contributed by atoms with Crippen molar-refractivity contribution in [3.05, 3.63) is 23.8 Å². The molecule has 1 aliphatic carbocycles. The molecule has 0 atom stereocenters. The summed E-state index contributed by atoms with van der Waals surface area (Å²) in [6.07, 6.45) is 4.03. The molecule has 0 radical (unpaired) electrons. The second kappa shape index (κ2) is 7.48. The quantitative estimate of drug-likeness (QED) is 0.817. The van der Waals surface area contributed by atoms with E-state index >= 15 is 0 Å². The van der Waals surface area contributed by atoms with E-state index in [9.17, 15) is 16.8 Å². The minimum absolute atomic E-state index is 0. The fourth-order valence-electron chi connectivity index (χ4n) is 2.62. The van der Waals surface area contributed by atoms with Crippen molar-refractivity contribution in [3.63, 3.8) is 0 Å². The Hall–Kier alpha value is -0.670. The van der Waals surface area contributed by atoms with Crippen molar-refractivity contribution in [2.24, 2.45) is 5.73 Å². The van der Waals surface area contributed by atoms with Crippen LogP contribution in [-0.4, -0.2) is 35.2 Å². The maximum atomic E-state index is 12.5. The van der Waals surface area contributed by atoms with Gasteiger partial charge in [-0.15, -0.1) is 12.4 Å². The number of hydrogen-bond acceptors (Lipinski definition) is 5. The largest absolute Gasteiger partial charge is 0.328 e. The zero-order chi connectivity index (χ0) is 16.5. The summed E-state index contributed by atoms with van der Waals surface area (Å²) in [6, 6.07) is 4.15. The van der Waals surface area contributed by atoms with Crippen molar-refractivity contribution in [2.75, 3.05) is 6.26 Å². The maximum Gasteiger partial charge on any atom is 0.241 e. The lowest BCUT2D eigenvalue weighted by atomic mass is 9.93. The first-order valence-electron chi connectivity index (χ1n) is 7.18. The molecule has 1 aromatic rings. The fraction of sp³-hybridized carbons (Fsp3) is 0.571. The lowest BCUT2D eigenvalue weighted by molar-refractivity contribution is 0.373. The summed E-state index contributed by atoms with van der Waals surface area (Å²) in [5, 5.41) is 0. The highest BCUT2D eigenvalue weighted by atomic mass is 35.5. The van der Waals surface area contributed by atoms with E-state index < -0.39 is 19.9 Å². The zero-order valence-electron chi connectivity index (χ0n) is 13.2. The summed E-state index contributed by atoms with van der Waals surface area (Å²) in [5.74, 6) is 0. The molecule has 1 fully saturated rings. The number of hydrogen-bond donors (Lipinski definition) is 2. The third-order valence-corrected chi connectivity index (χ3v) is 6.74. The third kappa shape index (κ3) is 5.15. The van der Waals surface area contributed by atoms with Crippen LogP contribution in [0.1, 0.15) is 31.2 Å². The van der Waals surface area contributed by atoms with Crippen LogP contribution in [0.4, 0.5) is 0 Å². The molecule has 0 spiro atoms. The summed E-state index contributed by atoms with van der Waals surface area (Å²) in [5.41, 5.74) is 6.34. The standard InChI is InChI=1S/C14H22N2O4S2.ClH/c1-10-3-8-13(21(2,17)18)9-14(10)22(19,20)16-12-6-4-11(15)5-7-12;/h3,8-9,11-12,16H,4-7,15H2,1-2H3;1H. The number of aryl methyl sites for hydroxylation is 1. The molecule has 1 saturated carbocycles. The average Bonchev–Trinajstić information content (AvgIpc) is 2.40. The van der Waals surface area contributed by atoms with Gasteiger partial charge in [0.15, 0.2) is 9.84 Å². The summed E-state index contributed by atoms with van der Waals surface area (Å²) >= 11 is 0. The molecule has 0 unspecified atom stereocenters. The van der Waals surface area contributed by atoms with Crippen molar-refractivity contribution in [3.8, 4) is 0 Å². The number of benzene rings is 1. The molecule has 0 amide bonds. The molecular formula is C14H23ClN2O4S2. The highest BCUT2D eigenvalue weighted by molar-refractivity contribution is 7.91. The number of sulfone groups is 1. The smallest absolute Gasteiger partial charge is 0.241 e. The van der Waals surface area contributed by atoms with Gasteiger partial charge in [-0.2, -0.15) is 0 Å². The van der Waals surface area contributed by atoms with E-state index in [1.165, 1.54) is 18.2 Å². The first-order chi connectivity index (χ1) is 10.1. The van der Waals surface area contributed by atoms with Gasteiger partial charge in [-0.1, -0.05) is 6.07 Å². The first-order valence-corrected chi connectivity index (χ1v) is 10.6. The summed E-state index contributed by atoms with van der Waals surface area (Å²) in [7, 11) is -7.20. The molecule has 6 nitrogen and oxygen atoms in total. The van der Waals surface area contributed by atoms with E-state index in [2.05, 4.69) is 4.72 Å². The van der Waals surface area contributed by atoms with Gasteiger partial charge in [0.25, 0.3) is 0 Å². The van der Waals surface area contributed by atoms with Gasteiger partial charge in [0.05, 0.1) is 9.79 Å². The maximum absolute atomic E-state index is 12.5. The van der Waals surface area contributed by atoms with Crippen LogP contribution in [-0.2, 0) is 19.9 Å². The van der Waals surface area contributed by atoms with E-state index in [1.54, 1.807) is 6.92 Å². The Kier molecular flexibility index (Phi) is 6.63. The highest BCUT2D eigenvalue weighted by Crippen LogP contribution is 2.23. The Balaban J connectivity index is 0.00000264. The van der Waals surface area contributed by atoms with Crippen LogP contribution in [0, 0.1) is 6.92 Å². The van der Waals surface area contributed by atoms with Gasteiger partial charge in [0, 0.05) is 18.3 Å². The molecule has 0 bridgehead atoms. The lowest BCUT2D eigenvalue weighted by Crippen LogP contribution is -2.40. The van der Waals surface area contributed by atoms with Crippen LogP contribution in [0.15, 0.2) is 28.0 Å². The van der Waals surface area contributed by atoms with Crippen LogP contribution in [0.2, 0.25) is 0 Å². The van der Waals surface area contributed by atoms with Gasteiger partial charge in [0.2, 0.25) is 10.0 Å². The summed E-state index contributed by atoms with van der Waals surface area (Å²) in [6.45, 7) is 1.65. The number of sulfonamides is 1. The first kappa shape index (κ1) is 20.4. The zero-order valence-corrected chi connectivity index (χ0v) is 15.6. The lowest BCUT2D eigenvalue weighted by Gasteiger charge is -2.26. The van der Waals surface area contributed by atoms with E-state index in [0.717, 1.165) is 19.1 Å². The van der Waals surface area contributed by atoms with Crippen molar-refractivity contribution in [1.82, 2.24) is 4.72 Å². The molecule has 9 heteroatoms. The molecule has 23 heavy (non-hydrogen) atoms. The Bertz CT molecular complexity index is 755. The SMILES string of the molecule is Cc1ccc(S(C)(=O)=O)cc1S(=O)(=O)NC1CCC(N)CC1.Cl. The Morgan fingerprint density at radius 3 is 2.17 bits per heavy atom. The van der Waals surface area contributed by atoms with Gasteiger partial charge in [-0.3, -0.25) is 0 Å². The van der Waals surface area contributed by atoms with Crippen LogP contribution >= 0.6 is 12.4 Å². The minimum Gasteiger partial charge on any atom is -0.328 e. The molecular weight excluding hydrogens is 360 g/mol. The topological polar surface area (TPSA) is 106 Å². The summed E-state index contributed by atoms with van der Waals surface area (Å²) < 4.78 is 51.0. The normalized spacial score (nSPS) is 22.4.